The molecular weight excluding hydrogens is 268 g/mol. The summed E-state index contributed by atoms with van der Waals surface area (Å²) in [6, 6.07) is 5.72. The van der Waals surface area contributed by atoms with Crippen molar-refractivity contribution in [2.45, 2.75) is 6.54 Å². The van der Waals surface area contributed by atoms with Crippen molar-refractivity contribution in [1.82, 2.24) is 9.80 Å². The average Bonchev–Trinajstić information content (AvgIpc) is 2.25. The van der Waals surface area contributed by atoms with Gasteiger partial charge in [0.05, 0.1) is 0 Å². The molecule has 1 saturated heterocycles. The second-order valence-corrected chi connectivity index (χ2v) is 5.27. The number of piperazine rings is 1. The number of aromatic hydroxyl groups is 1. The van der Waals surface area contributed by atoms with E-state index in [-0.39, 0.29) is 0 Å². The van der Waals surface area contributed by atoms with Crippen molar-refractivity contribution in [2.24, 2.45) is 0 Å². The lowest BCUT2D eigenvalue weighted by Crippen LogP contribution is -2.43. The van der Waals surface area contributed by atoms with Crippen molar-refractivity contribution in [3.8, 4) is 5.75 Å². The zero-order valence-corrected chi connectivity index (χ0v) is 11.1. The number of nitrogens with zero attached hydrogens (tertiary/aromatic N) is 2. The summed E-state index contributed by atoms with van der Waals surface area (Å²) in [7, 11) is 2.15. The summed E-state index contributed by atoms with van der Waals surface area (Å²) < 4.78 is 0.923. The number of hydrogen-bond acceptors (Lipinski definition) is 3. The third kappa shape index (κ3) is 2.97. The molecule has 0 saturated carbocycles. The van der Waals surface area contributed by atoms with Crippen LogP contribution in [0.25, 0.3) is 0 Å². The maximum absolute atomic E-state index is 9.81. The number of benzene rings is 1. The number of rotatable bonds is 2. The van der Waals surface area contributed by atoms with Gasteiger partial charge >= 0.3 is 0 Å². The molecule has 2 rings (SSSR count). The number of likely N-dealkylation sites (N-methyl/N-ethyl adjacent to an activating group) is 1. The van der Waals surface area contributed by atoms with Gasteiger partial charge in [-0.2, -0.15) is 0 Å². The second-order valence-electron chi connectivity index (χ2n) is 4.35. The van der Waals surface area contributed by atoms with Gasteiger partial charge in [0.15, 0.2) is 0 Å². The molecule has 0 unspecified atom stereocenters. The summed E-state index contributed by atoms with van der Waals surface area (Å²) in [6.07, 6.45) is 0. The van der Waals surface area contributed by atoms with Gasteiger partial charge < -0.3 is 10.0 Å². The maximum atomic E-state index is 9.81. The van der Waals surface area contributed by atoms with Crippen LogP contribution in [0.3, 0.4) is 0 Å². The highest BCUT2D eigenvalue weighted by Crippen LogP contribution is 2.23. The van der Waals surface area contributed by atoms with Crippen LogP contribution in [-0.4, -0.2) is 48.1 Å². The first kappa shape index (κ1) is 11.9. The monoisotopic (exact) mass is 284 g/mol. The SMILES string of the molecule is CN1CCN(Cc2ccc(Br)cc2O)CC1. The first-order valence-electron chi connectivity index (χ1n) is 5.53. The fourth-order valence-corrected chi connectivity index (χ4v) is 2.27. The molecule has 1 N–H and O–H groups in total. The Labute approximate surface area is 105 Å². The molecule has 0 bridgehead atoms. The highest BCUT2D eigenvalue weighted by Gasteiger charge is 2.15. The lowest BCUT2D eigenvalue weighted by molar-refractivity contribution is 0.147. The normalized spacial score (nSPS) is 18.9. The average molecular weight is 285 g/mol. The Morgan fingerprint density at radius 3 is 2.56 bits per heavy atom. The van der Waals surface area contributed by atoms with Gasteiger partial charge in [-0.1, -0.05) is 22.0 Å². The van der Waals surface area contributed by atoms with E-state index in [9.17, 15) is 5.11 Å². The number of phenolic OH excluding ortho intramolecular Hbond substituents is 1. The van der Waals surface area contributed by atoms with Crippen molar-refractivity contribution >= 4 is 15.9 Å². The largest absolute Gasteiger partial charge is 0.508 e. The van der Waals surface area contributed by atoms with E-state index in [4.69, 9.17) is 0 Å². The molecule has 0 amide bonds. The Hall–Kier alpha value is -0.580. The van der Waals surface area contributed by atoms with E-state index in [0.717, 1.165) is 42.8 Å². The molecule has 0 aromatic heterocycles. The molecule has 1 aliphatic heterocycles. The highest BCUT2D eigenvalue weighted by atomic mass is 79.9. The first-order chi connectivity index (χ1) is 7.65. The summed E-state index contributed by atoms with van der Waals surface area (Å²) in [5.74, 6) is 0.383. The van der Waals surface area contributed by atoms with Gasteiger partial charge in [0.1, 0.15) is 5.75 Å². The molecule has 1 fully saturated rings. The first-order valence-corrected chi connectivity index (χ1v) is 6.33. The molecule has 88 valence electrons. The van der Waals surface area contributed by atoms with Gasteiger partial charge in [0.25, 0.3) is 0 Å². The molecule has 1 aromatic carbocycles. The number of hydrogen-bond donors (Lipinski definition) is 1. The molecule has 1 heterocycles. The molecule has 4 heteroatoms. The Balaban J connectivity index is 1.98. The van der Waals surface area contributed by atoms with Gasteiger partial charge in [0.2, 0.25) is 0 Å². The van der Waals surface area contributed by atoms with Crippen LogP contribution in [-0.2, 0) is 6.54 Å². The van der Waals surface area contributed by atoms with E-state index in [2.05, 4.69) is 32.8 Å². The number of phenols is 1. The molecule has 3 nitrogen and oxygen atoms in total. The Bertz CT molecular complexity index is 362. The van der Waals surface area contributed by atoms with E-state index in [1.54, 1.807) is 6.07 Å². The topological polar surface area (TPSA) is 26.7 Å². The zero-order valence-electron chi connectivity index (χ0n) is 9.49. The van der Waals surface area contributed by atoms with Crippen molar-refractivity contribution in [2.75, 3.05) is 33.2 Å². The minimum atomic E-state index is 0.383. The summed E-state index contributed by atoms with van der Waals surface area (Å²) in [6.45, 7) is 5.21. The van der Waals surface area contributed by atoms with Gasteiger partial charge in [-0.3, -0.25) is 4.90 Å². The van der Waals surface area contributed by atoms with Crippen molar-refractivity contribution in [3.05, 3.63) is 28.2 Å². The fraction of sp³-hybridized carbons (Fsp3) is 0.500. The molecule has 0 aliphatic carbocycles. The summed E-state index contributed by atoms with van der Waals surface area (Å²) >= 11 is 3.35. The van der Waals surface area contributed by atoms with E-state index in [1.165, 1.54) is 0 Å². The number of halogens is 1. The van der Waals surface area contributed by atoms with Crippen LogP contribution < -0.4 is 0 Å². The smallest absolute Gasteiger partial charge is 0.121 e. The maximum Gasteiger partial charge on any atom is 0.121 e. The van der Waals surface area contributed by atoms with Crippen molar-refractivity contribution < 1.29 is 5.11 Å². The summed E-state index contributed by atoms with van der Waals surface area (Å²) in [5.41, 5.74) is 1.01. The van der Waals surface area contributed by atoms with Gasteiger partial charge in [-0.25, -0.2) is 0 Å². The third-order valence-corrected chi connectivity index (χ3v) is 3.53. The van der Waals surface area contributed by atoms with E-state index < -0.39 is 0 Å². The summed E-state index contributed by atoms with van der Waals surface area (Å²) in [5, 5.41) is 9.81. The van der Waals surface area contributed by atoms with Gasteiger partial charge in [-0.05, 0) is 19.2 Å². The van der Waals surface area contributed by atoms with Crippen LogP contribution in [0.4, 0.5) is 0 Å². The van der Waals surface area contributed by atoms with Crippen LogP contribution >= 0.6 is 15.9 Å². The van der Waals surface area contributed by atoms with Crippen molar-refractivity contribution in [3.63, 3.8) is 0 Å². The van der Waals surface area contributed by atoms with E-state index >= 15 is 0 Å². The van der Waals surface area contributed by atoms with Crippen LogP contribution in [0.5, 0.6) is 5.75 Å². The van der Waals surface area contributed by atoms with Crippen LogP contribution in [0.1, 0.15) is 5.56 Å². The third-order valence-electron chi connectivity index (χ3n) is 3.04. The standard InChI is InChI=1S/C12H17BrN2O/c1-14-4-6-15(7-5-14)9-10-2-3-11(13)8-12(10)16/h2-3,8,16H,4-7,9H2,1H3. The molecule has 1 aliphatic rings. The minimum absolute atomic E-state index is 0.383. The van der Waals surface area contributed by atoms with Gasteiger partial charge in [-0.15, -0.1) is 0 Å². The molecule has 1 aromatic rings. The van der Waals surface area contributed by atoms with Crippen molar-refractivity contribution in [1.29, 1.82) is 0 Å². The molecular formula is C12H17BrN2O. The highest BCUT2D eigenvalue weighted by molar-refractivity contribution is 9.10. The second kappa shape index (κ2) is 5.17. The fourth-order valence-electron chi connectivity index (χ4n) is 1.92. The van der Waals surface area contributed by atoms with Gasteiger partial charge in [0, 0.05) is 42.8 Å². The quantitative estimate of drug-likeness (QED) is 0.899. The predicted molar refractivity (Wildman–Crippen MR) is 68.6 cm³/mol. The van der Waals surface area contributed by atoms with Crippen LogP contribution in [0.2, 0.25) is 0 Å². The minimum Gasteiger partial charge on any atom is -0.508 e. The summed E-state index contributed by atoms with van der Waals surface area (Å²) in [4.78, 5) is 4.71. The lowest BCUT2D eigenvalue weighted by atomic mass is 10.2. The lowest BCUT2D eigenvalue weighted by Gasteiger charge is -2.32. The Morgan fingerprint density at radius 2 is 1.94 bits per heavy atom. The van der Waals surface area contributed by atoms with Crippen LogP contribution in [0, 0.1) is 0 Å². The van der Waals surface area contributed by atoms with E-state index in [1.807, 2.05) is 12.1 Å². The molecule has 0 radical (unpaired) electrons. The molecule has 0 spiro atoms. The molecule has 16 heavy (non-hydrogen) atoms. The van der Waals surface area contributed by atoms with E-state index in [0.29, 0.717) is 5.75 Å². The van der Waals surface area contributed by atoms with Crippen LogP contribution in [0.15, 0.2) is 22.7 Å². The predicted octanol–water partition coefficient (Wildman–Crippen LogP) is 1.90. The molecule has 0 atom stereocenters. The zero-order chi connectivity index (χ0) is 11.5. The Kier molecular flexibility index (Phi) is 3.84. The Morgan fingerprint density at radius 1 is 1.25 bits per heavy atom.